The number of aryl methyl sites for hydroxylation is 2. The molecule has 0 N–H and O–H groups in total. The van der Waals surface area contributed by atoms with Crippen molar-refractivity contribution in [2.24, 2.45) is 7.05 Å². The van der Waals surface area contributed by atoms with Gasteiger partial charge in [0, 0.05) is 44.7 Å². The van der Waals surface area contributed by atoms with Crippen LogP contribution in [0.25, 0.3) is 11.0 Å². The third kappa shape index (κ3) is 2.53. The zero-order valence-corrected chi connectivity index (χ0v) is 15.5. The van der Waals surface area contributed by atoms with Crippen LogP contribution < -0.4 is 4.74 Å². The molecule has 0 bridgehead atoms. The molecule has 4 rings (SSSR count). The van der Waals surface area contributed by atoms with Gasteiger partial charge in [0.1, 0.15) is 17.4 Å². The van der Waals surface area contributed by atoms with Crippen LogP contribution >= 0.6 is 0 Å². The van der Waals surface area contributed by atoms with E-state index >= 15 is 0 Å². The highest BCUT2D eigenvalue weighted by atomic mass is 16.5. The molecule has 0 saturated carbocycles. The van der Waals surface area contributed by atoms with E-state index in [2.05, 4.69) is 4.98 Å². The maximum absolute atomic E-state index is 12.8. The van der Waals surface area contributed by atoms with E-state index in [0.717, 1.165) is 46.6 Å². The molecule has 134 valence electrons. The van der Waals surface area contributed by atoms with Crippen molar-refractivity contribution < 1.29 is 9.53 Å². The largest absolute Gasteiger partial charge is 0.483 e. The number of hydrogen-bond acceptors (Lipinski definition) is 4. The number of carbonyl (C=O) groups excluding carboxylic acids is 1. The molecule has 0 radical (unpaired) electrons. The fraction of sp³-hybridized carbons (Fsp3) is 0.350. The van der Waals surface area contributed by atoms with Crippen molar-refractivity contribution in [2.75, 3.05) is 14.1 Å². The molecular weight excluding hydrogens is 328 g/mol. The Kier molecular flexibility index (Phi) is 3.90. The zero-order valence-electron chi connectivity index (χ0n) is 15.5. The smallest absolute Gasteiger partial charge is 0.253 e. The lowest BCUT2D eigenvalue weighted by Gasteiger charge is -2.28. The lowest BCUT2D eigenvalue weighted by molar-refractivity contribution is 0.0823. The summed E-state index contributed by atoms with van der Waals surface area (Å²) in [4.78, 5) is 23.2. The first kappa shape index (κ1) is 16.6. The first-order chi connectivity index (χ1) is 12.5. The van der Waals surface area contributed by atoms with E-state index in [1.54, 1.807) is 31.4 Å². The third-order valence-corrected chi connectivity index (χ3v) is 5.09. The van der Waals surface area contributed by atoms with E-state index in [-0.39, 0.29) is 12.0 Å². The number of benzene rings is 1. The average molecular weight is 350 g/mol. The number of pyridine rings is 1. The van der Waals surface area contributed by atoms with Gasteiger partial charge in [-0.15, -0.1) is 0 Å². The summed E-state index contributed by atoms with van der Waals surface area (Å²) in [7, 11) is 5.51. The van der Waals surface area contributed by atoms with Crippen LogP contribution in [0, 0.1) is 6.92 Å². The minimum atomic E-state index is -0.0549. The van der Waals surface area contributed by atoms with Gasteiger partial charge < -0.3 is 14.2 Å². The molecule has 1 atom stereocenters. The Bertz CT molecular complexity index is 992. The molecule has 1 aliphatic rings. The molecule has 2 aromatic heterocycles. The Morgan fingerprint density at radius 3 is 2.73 bits per heavy atom. The molecule has 0 aliphatic carbocycles. The highest BCUT2D eigenvalue weighted by Gasteiger charge is 2.30. The first-order valence-electron chi connectivity index (χ1n) is 8.74. The minimum Gasteiger partial charge on any atom is -0.483 e. The molecule has 3 aromatic rings. The maximum atomic E-state index is 12.8. The fourth-order valence-corrected chi connectivity index (χ4v) is 3.54. The highest BCUT2D eigenvalue weighted by molar-refractivity contribution is 6.01. The zero-order chi connectivity index (χ0) is 18.4. The summed E-state index contributed by atoms with van der Waals surface area (Å²) in [6, 6.07) is 5.91. The van der Waals surface area contributed by atoms with Gasteiger partial charge in [0.25, 0.3) is 5.91 Å². The molecule has 3 heterocycles. The van der Waals surface area contributed by atoms with Gasteiger partial charge in [-0.2, -0.15) is 0 Å². The van der Waals surface area contributed by atoms with Crippen LogP contribution in [0.15, 0.2) is 30.6 Å². The van der Waals surface area contributed by atoms with Gasteiger partial charge in [0.05, 0.1) is 5.52 Å². The van der Waals surface area contributed by atoms with Crippen molar-refractivity contribution in [3.8, 4) is 5.75 Å². The predicted octanol–water partition coefficient (Wildman–Crippen LogP) is 3.04. The van der Waals surface area contributed by atoms with Gasteiger partial charge in [-0.1, -0.05) is 0 Å². The quantitative estimate of drug-likeness (QED) is 0.713. The summed E-state index contributed by atoms with van der Waals surface area (Å²) in [5.74, 6) is 1.63. The molecular formula is C20H22N4O2. The van der Waals surface area contributed by atoms with E-state index in [9.17, 15) is 4.79 Å². The van der Waals surface area contributed by atoms with Crippen molar-refractivity contribution in [1.29, 1.82) is 0 Å². The summed E-state index contributed by atoms with van der Waals surface area (Å²) in [6.07, 6.45) is 5.10. The topological polar surface area (TPSA) is 60.2 Å². The Morgan fingerprint density at radius 1 is 1.31 bits per heavy atom. The van der Waals surface area contributed by atoms with Crippen molar-refractivity contribution in [3.63, 3.8) is 0 Å². The second kappa shape index (κ2) is 6.12. The number of hydrogen-bond donors (Lipinski definition) is 0. The van der Waals surface area contributed by atoms with Crippen LogP contribution in [-0.4, -0.2) is 39.4 Å². The number of ether oxygens (including phenoxy) is 1. The fourth-order valence-electron chi connectivity index (χ4n) is 3.54. The molecule has 0 fully saturated rings. The van der Waals surface area contributed by atoms with Crippen LogP contribution in [-0.2, 0) is 13.5 Å². The maximum Gasteiger partial charge on any atom is 0.253 e. The molecule has 1 aromatic carbocycles. The number of amides is 1. The van der Waals surface area contributed by atoms with Crippen molar-refractivity contribution in [3.05, 3.63) is 53.1 Å². The van der Waals surface area contributed by atoms with Crippen LogP contribution in [0.4, 0.5) is 0 Å². The molecule has 6 nitrogen and oxygen atoms in total. The molecule has 6 heteroatoms. The van der Waals surface area contributed by atoms with Gasteiger partial charge in [-0.05, 0) is 43.5 Å². The van der Waals surface area contributed by atoms with Gasteiger partial charge in [-0.25, -0.2) is 4.98 Å². The van der Waals surface area contributed by atoms with E-state index in [1.165, 1.54) is 0 Å². The van der Waals surface area contributed by atoms with E-state index in [1.807, 2.05) is 36.7 Å². The lowest BCUT2D eigenvalue weighted by Crippen LogP contribution is -2.25. The monoisotopic (exact) mass is 350 g/mol. The number of imidazole rings is 1. The third-order valence-electron chi connectivity index (χ3n) is 5.09. The molecule has 1 amide bonds. The second-order valence-corrected chi connectivity index (χ2v) is 6.94. The average Bonchev–Trinajstić information content (AvgIpc) is 2.95. The second-order valence-electron chi connectivity index (χ2n) is 6.94. The van der Waals surface area contributed by atoms with E-state index in [4.69, 9.17) is 9.72 Å². The van der Waals surface area contributed by atoms with Gasteiger partial charge in [0.2, 0.25) is 0 Å². The molecule has 0 unspecified atom stereocenters. The SMILES string of the molecule is Cc1nc2c3c(c(C(=O)N(C)C)cc2n1C)CC[C@@H](c1ccncc1)O3. The highest BCUT2D eigenvalue weighted by Crippen LogP contribution is 2.41. The summed E-state index contributed by atoms with van der Waals surface area (Å²) < 4.78 is 8.40. The van der Waals surface area contributed by atoms with Crippen molar-refractivity contribution >= 4 is 16.9 Å². The number of nitrogens with zero attached hydrogens (tertiary/aromatic N) is 4. The van der Waals surface area contributed by atoms with Crippen LogP contribution in [0.2, 0.25) is 0 Å². The predicted molar refractivity (Wildman–Crippen MR) is 99.4 cm³/mol. The number of rotatable bonds is 2. The Labute approximate surface area is 152 Å². The Balaban J connectivity index is 1.90. The summed E-state index contributed by atoms with van der Waals surface area (Å²) >= 11 is 0. The van der Waals surface area contributed by atoms with E-state index < -0.39 is 0 Å². The molecule has 0 spiro atoms. The summed E-state index contributed by atoms with van der Waals surface area (Å²) in [5, 5.41) is 0. The molecule has 26 heavy (non-hydrogen) atoms. The van der Waals surface area contributed by atoms with Gasteiger partial charge >= 0.3 is 0 Å². The van der Waals surface area contributed by atoms with Gasteiger partial charge in [-0.3, -0.25) is 9.78 Å². The first-order valence-corrected chi connectivity index (χ1v) is 8.74. The molecule has 0 saturated heterocycles. The van der Waals surface area contributed by atoms with Crippen LogP contribution in [0.5, 0.6) is 5.75 Å². The summed E-state index contributed by atoms with van der Waals surface area (Å²) in [6.45, 7) is 1.96. The summed E-state index contributed by atoms with van der Waals surface area (Å²) in [5.41, 5.74) is 4.50. The van der Waals surface area contributed by atoms with Crippen molar-refractivity contribution in [1.82, 2.24) is 19.4 Å². The van der Waals surface area contributed by atoms with Crippen molar-refractivity contribution in [2.45, 2.75) is 25.9 Å². The van der Waals surface area contributed by atoms with E-state index in [0.29, 0.717) is 5.56 Å². The van der Waals surface area contributed by atoms with Crippen LogP contribution in [0.1, 0.15) is 39.8 Å². The lowest BCUT2D eigenvalue weighted by atomic mass is 9.93. The number of aromatic nitrogens is 3. The minimum absolute atomic E-state index is 0.00651. The number of carbonyl (C=O) groups is 1. The van der Waals surface area contributed by atoms with Gasteiger partial charge in [0.15, 0.2) is 5.75 Å². The van der Waals surface area contributed by atoms with Crippen LogP contribution in [0.3, 0.4) is 0 Å². The normalized spacial score (nSPS) is 16.2. The molecule has 1 aliphatic heterocycles. The Hall–Kier alpha value is -2.89. The number of fused-ring (bicyclic) bond motifs is 3. The standard InChI is InChI=1S/C20H22N4O2/c1-12-22-18-16(24(12)4)11-15(20(25)23(2)3)14-5-6-17(26-19(14)18)13-7-9-21-10-8-13/h7-11,17H,5-6H2,1-4H3/t17-/m0/s1. The Morgan fingerprint density at radius 2 is 2.04 bits per heavy atom.